The van der Waals surface area contributed by atoms with Gasteiger partial charge >= 0.3 is 0 Å². The Morgan fingerprint density at radius 1 is 0.405 bits per heavy atom. The summed E-state index contributed by atoms with van der Waals surface area (Å²) in [5.74, 6) is 9.29. The van der Waals surface area contributed by atoms with Gasteiger partial charge in [0.25, 0.3) is 0 Å². The normalized spacial score (nSPS) is 18.9. The third-order valence-electron chi connectivity index (χ3n) is 17.7. The molecule has 0 N–H and O–H groups in total. The summed E-state index contributed by atoms with van der Waals surface area (Å²) in [6.45, 7) is 48.4. The van der Waals surface area contributed by atoms with Gasteiger partial charge in [0.1, 0.15) is 0 Å². The molecule has 4 fully saturated rings. The summed E-state index contributed by atoms with van der Waals surface area (Å²) in [6.07, 6.45) is 30.6. The summed E-state index contributed by atoms with van der Waals surface area (Å²) in [5.41, 5.74) is 9.40. The second-order valence-corrected chi connectivity index (χ2v) is 29.3. The van der Waals surface area contributed by atoms with Crippen LogP contribution in [0, 0.1) is 70.5 Å². The number of hydrogen-bond donors (Lipinski definition) is 0. The molecule has 1 unspecified atom stereocenters. The van der Waals surface area contributed by atoms with Crippen molar-refractivity contribution in [2.24, 2.45) is 63.6 Å². The largest absolute Gasteiger partial charge is 0.0882 e. The lowest BCUT2D eigenvalue weighted by atomic mass is 9.72. The fraction of sp³-hybridized carbons (Fsp3) is 0.730. The van der Waals surface area contributed by atoms with Crippen molar-refractivity contribution in [2.45, 2.75) is 286 Å². The molecule has 4 saturated carbocycles. The number of hydrogen-bond acceptors (Lipinski definition) is 0. The minimum absolute atomic E-state index is 0. The zero-order chi connectivity index (χ0) is 55.0. The van der Waals surface area contributed by atoms with E-state index in [0.717, 1.165) is 53.3 Å². The molecule has 9 rings (SSSR count). The summed E-state index contributed by atoms with van der Waals surface area (Å²) in [4.78, 5) is 0. The van der Waals surface area contributed by atoms with E-state index < -0.39 is 0 Å². The highest BCUT2D eigenvalue weighted by Crippen LogP contribution is 2.41. The Bertz CT molecular complexity index is 1830. The van der Waals surface area contributed by atoms with E-state index in [0.29, 0.717) is 27.6 Å². The van der Waals surface area contributed by atoms with E-state index in [-0.39, 0.29) is 7.43 Å². The van der Waals surface area contributed by atoms with Gasteiger partial charge in [0.05, 0.1) is 0 Å². The van der Waals surface area contributed by atoms with Crippen LogP contribution in [0.5, 0.6) is 0 Å². The minimum atomic E-state index is 0. The molecule has 0 amide bonds. The topological polar surface area (TPSA) is 0 Å². The second-order valence-electron chi connectivity index (χ2n) is 29.3. The average molecular weight is 1020 g/mol. The number of aryl methyl sites for hydroxylation is 2. The van der Waals surface area contributed by atoms with E-state index in [2.05, 4.69) is 236 Å². The van der Waals surface area contributed by atoms with Crippen LogP contribution in [-0.4, -0.2) is 0 Å². The fourth-order valence-corrected chi connectivity index (χ4v) is 11.4. The van der Waals surface area contributed by atoms with Gasteiger partial charge in [-0.1, -0.05) is 288 Å². The van der Waals surface area contributed by atoms with Crippen molar-refractivity contribution in [2.75, 3.05) is 0 Å². The maximum atomic E-state index is 2.38. The Morgan fingerprint density at radius 2 is 0.824 bits per heavy atom. The minimum Gasteiger partial charge on any atom is -0.0882 e. The summed E-state index contributed by atoms with van der Waals surface area (Å²) >= 11 is 0. The van der Waals surface area contributed by atoms with Crippen molar-refractivity contribution in [3.05, 3.63) is 119 Å². The van der Waals surface area contributed by atoms with Gasteiger partial charge in [0.15, 0.2) is 0 Å². The van der Waals surface area contributed by atoms with Gasteiger partial charge < -0.3 is 0 Å². The van der Waals surface area contributed by atoms with Crippen LogP contribution in [-0.2, 0) is 11.8 Å². The number of benzene rings is 3. The van der Waals surface area contributed by atoms with Gasteiger partial charge in [0.2, 0.25) is 0 Å². The first-order chi connectivity index (χ1) is 34.0. The van der Waals surface area contributed by atoms with Crippen LogP contribution in [0.15, 0.2) is 91.0 Å². The molecule has 0 radical (unpaired) electrons. The third kappa shape index (κ3) is 28.1. The average Bonchev–Trinajstić information content (AvgIpc) is 3.64. The first-order valence-corrected chi connectivity index (χ1v) is 30.9. The monoisotopic (exact) mass is 1020 g/mol. The van der Waals surface area contributed by atoms with Crippen LogP contribution in [0.1, 0.15) is 295 Å². The summed E-state index contributed by atoms with van der Waals surface area (Å²) in [7, 11) is 0. The lowest BCUT2D eigenvalue weighted by Crippen LogP contribution is -2.22. The molecule has 3 aromatic rings. The highest BCUT2D eigenvalue weighted by atomic mass is 14.3. The molecular weight excluding hydrogens is 889 g/mol. The molecule has 0 heterocycles. The lowest BCUT2D eigenvalue weighted by Gasteiger charge is -2.33. The van der Waals surface area contributed by atoms with Crippen LogP contribution in [0.3, 0.4) is 0 Å². The zero-order valence-electron chi connectivity index (χ0n) is 52.7. The Hall–Kier alpha value is -2.60. The molecule has 0 aliphatic heterocycles. The predicted molar refractivity (Wildman–Crippen MR) is 338 cm³/mol. The van der Waals surface area contributed by atoms with Crippen LogP contribution in [0.4, 0.5) is 0 Å². The Morgan fingerprint density at radius 3 is 1.12 bits per heavy atom. The van der Waals surface area contributed by atoms with Crippen molar-refractivity contribution in [1.82, 2.24) is 0 Å². The molecule has 0 aromatic heterocycles. The first-order valence-electron chi connectivity index (χ1n) is 30.9. The van der Waals surface area contributed by atoms with Gasteiger partial charge in [-0.05, 0) is 180 Å². The van der Waals surface area contributed by atoms with Crippen molar-refractivity contribution < 1.29 is 0 Å². The highest BCUT2D eigenvalue weighted by Gasteiger charge is 2.28. The van der Waals surface area contributed by atoms with Crippen molar-refractivity contribution in [3.8, 4) is 0 Å². The predicted octanol–water partition coefficient (Wildman–Crippen LogP) is 24.4. The standard InChI is InChI=1S/C12H16.C10H20.2C10H14.C9H18.C9H16.C7H14.C6H12.CH4/c1-9(2)11-8-7-10-5-3-4-6-12(10)11;2*1-10(2,3)9-7-5-4-6-8-9;1-8(2)10-7-5-4-6-9(10)3;2*1-9(2,3)8-6-4-5-7-8;1-6(2)7-4-3-5-7;1-5(2)6-3-4-6;/h3-6,9,11H,7-8H2,1-2H3;9H,4-8H2,1-3H3;2*4-8H,1-3H3;8H,4-7H2,1-3H3;4-5,8H,6-7H2,1-3H3;6-7H,3-5H2,1-2H3;5-6H,3-4H2,1-2H3;1H4. The molecule has 0 nitrogen and oxygen atoms in total. The first kappa shape index (κ1) is 69.4. The van der Waals surface area contributed by atoms with Crippen molar-refractivity contribution in [1.29, 1.82) is 0 Å². The Balaban J connectivity index is 0.000000425. The molecule has 0 bridgehead atoms. The molecule has 424 valence electrons. The van der Waals surface area contributed by atoms with Gasteiger partial charge in [-0.15, -0.1) is 0 Å². The number of allylic oxidation sites excluding steroid dienone is 2. The van der Waals surface area contributed by atoms with Gasteiger partial charge in [0, 0.05) is 0 Å². The molecule has 1 atom stereocenters. The van der Waals surface area contributed by atoms with Gasteiger partial charge in [-0.2, -0.15) is 0 Å². The van der Waals surface area contributed by atoms with Gasteiger partial charge in [-0.3, -0.25) is 0 Å². The van der Waals surface area contributed by atoms with E-state index in [4.69, 9.17) is 0 Å². The Labute approximate surface area is 465 Å². The maximum absolute atomic E-state index is 2.38. The van der Waals surface area contributed by atoms with Crippen molar-refractivity contribution in [3.63, 3.8) is 0 Å². The van der Waals surface area contributed by atoms with Gasteiger partial charge in [-0.25, -0.2) is 0 Å². The summed E-state index contributed by atoms with van der Waals surface area (Å²) < 4.78 is 0. The van der Waals surface area contributed by atoms with Crippen LogP contribution in [0.25, 0.3) is 0 Å². The number of rotatable bonds is 4. The summed E-state index contributed by atoms with van der Waals surface area (Å²) in [5, 5.41) is 0. The molecule has 74 heavy (non-hydrogen) atoms. The smallest absolute Gasteiger partial charge is 0.0132 e. The lowest BCUT2D eigenvalue weighted by molar-refractivity contribution is 0.180. The molecule has 0 heteroatoms. The quantitative estimate of drug-likeness (QED) is 0.229. The molecule has 0 saturated heterocycles. The zero-order valence-corrected chi connectivity index (χ0v) is 52.7. The van der Waals surface area contributed by atoms with E-state index in [9.17, 15) is 0 Å². The van der Waals surface area contributed by atoms with E-state index in [1.165, 1.54) is 132 Å². The van der Waals surface area contributed by atoms with E-state index in [1.54, 1.807) is 11.1 Å². The summed E-state index contributed by atoms with van der Waals surface area (Å²) in [6, 6.07) is 28.0. The Kier molecular flexibility index (Phi) is 32.2. The van der Waals surface area contributed by atoms with Crippen LogP contribution >= 0.6 is 0 Å². The van der Waals surface area contributed by atoms with E-state index in [1.807, 2.05) is 0 Å². The molecule has 0 spiro atoms. The highest BCUT2D eigenvalue weighted by molar-refractivity contribution is 5.35. The fourth-order valence-electron chi connectivity index (χ4n) is 11.4. The number of fused-ring (bicyclic) bond motifs is 1. The molecule has 6 aliphatic rings. The molecule has 6 aliphatic carbocycles. The van der Waals surface area contributed by atoms with Crippen LogP contribution < -0.4 is 0 Å². The SMILES string of the molecule is C.CC(C)(C)C1CC=CC1.CC(C)(C)C1CCCC1.CC(C)(C)C1CCCCC1.CC(C)(C)c1ccccc1.CC(C)C1CC1.CC(C)C1CCC1.CC(C)C1CCc2ccccc21.Cc1ccccc1C(C)C. The second kappa shape index (κ2) is 34.3. The molecular formula is C74H128. The molecule has 3 aromatic carbocycles. The van der Waals surface area contributed by atoms with E-state index >= 15 is 0 Å². The van der Waals surface area contributed by atoms with Crippen LogP contribution in [0.2, 0.25) is 0 Å². The third-order valence-corrected chi connectivity index (χ3v) is 17.7. The maximum Gasteiger partial charge on any atom is -0.0132 e. The van der Waals surface area contributed by atoms with Crippen molar-refractivity contribution >= 4 is 0 Å².